The second kappa shape index (κ2) is 6.89. The van der Waals surface area contributed by atoms with Gasteiger partial charge in [0.25, 0.3) is 5.91 Å². The summed E-state index contributed by atoms with van der Waals surface area (Å²) in [6, 6.07) is 14.3. The average Bonchev–Trinajstić information content (AvgIpc) is 3.06. The maximum absolute atomic E-state index is 12.2. The SMILES string of the molecule is CSc1ccc(NC(=O)c2ccc(-c3ccccc3Cl)o2)cn1. The Morgan fingerprint density at radius 2 is 2.00 bits per heavy atom. The molecule has 0 aliphatic rings. The lowest BCUT2D eigenvalue weighted by atomic mass is 10.2. The number of furan rings is 1. The summed E-state index contributed by atoms with van der Waals surface area (Å²) in [7, 11) is 0. The molecule has 0 atom stereocenters. The van der Waals surface area contributed by atoms with E-state index in [1.165, 1.54) is 0 Å². The molecule has 2 aromatic heterocycles. The Morgan fingerprint density at radius 3 is 2.70 bits per heavy atom. The predicted octanol–water partition coefficient (Wildman–Crippen LogP) is 4.97. The first-order chi connectivity index (χ1) is 11.2. The summed E-state index contributed by atoms with van der Waals surface area (Å²) in [5.41, 5.74) is 1.36. The standard InChI is InChI=1S/C17H13ClN2O2S/c1-23-16-9-6-11(10-19-16)20-17(21)15-8-7-14(22-15)12-4-2-3-5-13(12)18/h2-10H,1H3,(H,20,21). The first kappa shape index (κ1) is 15.6. The van der Waals surface area contributed by atoms with Crippen LogP contribution in [0.3, 0.4) is 0 Å². The third kappa shape index (κ3) is 3.57. The molecule has 0 spiro atoms. The molecule has 4 nitrogen and oxygen atoms in total. The van der Waals surface area contributed by atoms with Crippen LogP contribution in [0.5, 0.6) is 0 Å². The van der Waals surface area contributed by atoms with Gasteiger partial charge in [0.15, 0.2) is 5.76 Å². The van der Waals surface area contributed by atoms with Crippen molar-refractivity contribution in [3.63, 3.8) is 0 Å². The first-order valence-corrected chi connectivity index (χ1v) is 8.44. The van der Waals surface area contributed by atoms with Crippen LogP contribution in [0.15, 0.2) is 64.2 Å². The molecule has 0 fully saturated rings. The highest BCUT2D eigenvalue weighted by molar-refractivity contribution is 7.98. The molecule has 1 aromatic carbocycles. The monoisotopic (exact) mass is 344 g/mol. The highest BCUT2D eigenvalue weighted by atomic mass is 35.5. The molecule has 0 radical (unpaired) electrons. The van der Waals surface area contributed by atoms with Gasteiger partial charge in [-0.25, -0.2) is 4.98 Å². The van der Waals surface area contributed by atoms with Crippen molar-refractivity contribution in [3.05, 3.63) is 65.5 Å². The topological polar surface area (TPSA) is 55.1 Å². The van der Waals surface area contributed by atoms with Crippen molar-refractivity contribution in [1.29, 1.82) is 0 Å². The minimum absolute atomic E-state index is 0.217. The average molecular weight is 345 g/mol. The molecular formula is C17H13ClN2O2S. The number of hydrogen-bond acceptors (Lipinski definition) is 4. The quantitative estimate of drug-likeness (QED) is 0.679. The summed E-state index contributed by atoms with van der Waals surface area (Å²) < 4.78 is 5.61. The van der Waals surface area contributed by atoms with E-state index < -0.39 is 0 Å². The van der Waals surface area contributed by atoms with Crippen molar-refractivity contribution < 1.29 is 9.21 Å². The lowest BCUT2D eigenvalue weighted by Crippen LogP contribution is -2.10. The van der Waals surface area contributed by atoms with Crippen LogP contribution >= 0.6 is 23.4 Å². The molecule has 0 saturated carbocycles. The Balaban J connectivity index is 1.77. The van der Waals surface area contributed by atoms with Gasteiger partial charge in [0, 0.05) is 5.56 Å². The van der Waals surface area contributed by atoms with Crippen molar-refractivity contribution >= 4 is 35.0 Å². The number of nitrogens with one attached hydrogen (secondary N) is 1. The highest BCUT2D eigenvalue weighted by Crippen LogP contribution is 2.29. The number of anilines is 1. The van der Waals surface area contributed by atoms with Gasteiger partial charge in [0.05, 0.1) is 21.9 Å². The maximum atomic E-state index is 12.2. The minimum atomic E-state index is -0.331. The van der Waals surface area contributed by atoms with Gasteiger partial charge in [-0.3, -0.25) is 4.79 Å². The van der Waals surface area contributed by atoms with Gasteiger partial charge in [-0.15, -0.1) is 11.8 Å². The number of carbonyl (C=O) groups is 1. The van der Waals surface area contributed by atoms with Crippen molar-refractivity contribution in [2.45, 2.75) is 5.03 Å². The van der Waals surface area contributed by atoms with Crippen molar-refractivity contribution in [2.24, 2.45) is 0 Å². The number of amides is 1. The van der Waals surface area contributed by atoms with Crippen LogP contribution < -0.4 is 5.32 Å². The Morgan fingerprint density at radius 1 is 1.17 bits per heavy atom. The number of thioether (sulfide) groups is 1. The van der Waals surface area contributed by atoms with E-state index in [1.54, 1.807) is 42.2 Å². The second-order valence-electron chi connectivity index (χ2n) is 4.69. The van der Waals surface area contributed by atoms with Crippen LogP contribution in [0.25, 0.3) is 11.3 Å². The number of carbonyl (C=O) groups excluding carboxylic acids is 1. The first-order valence-electron chi connectivity index (χ1n) is 6.83. The number of benzene rings is 1. The molecule has 0 bridgehead atoms. The molecule has 2 heterocycles. The fourth-order valence-electron chi connectivity index (χ4n) is 2.03. The molecule has 23 heavy (non-hydrogen) atoms. The van der Waals surface area contributed by atoms with Crippen LogP contribution in [0.2, 0.25) is 5.02 Å². The van der Waals surface area contributed by atoms with Crippen LogP contribution in [-0.2, 0) is 0 Å². The molecule has 6 heteroatoms. The molecule has 0 aliphatic carbocycles. The number of halogens is 1. The van der Waals surface area contributed by atoms with E-state index >= 15 is 0 Å². The Bertz CT molecular complexity index is 831. The lowest BCUT2D eigenvalue weighted by Gasteiger charge is -2.03. The largest absolute Gasteiger partial charge is 0.451 e. The van der Waals surface area contributed by atoms with E-state index in [1.807, 2.05) is 30.5 Å². The Hall–Kier alpha value is -2.24. The summed E-state index contributed by atoms with van der Waals surface area (Å²) in [5.74, 6) is 0.437. The molecule has 0 saturated heterocycles. The fraction of sp³-hybridized carbons (Fsp3) is 0.0588. The molecular weight excluding hydrogens is 332 g/mol. The summed E-state index contributed by atoms with van der Waals surface area (Å²) in [6.45, 7) is 0. The molecule has 0 aliphatic heterocycles. The van der Waals surface area contributed by atoms with Gasteiger partial charge >= 0.3 is 0 Å². The van der Waals surface area contributed by atoms with E-state index in [4.69, 9.17) is 16.0 Å². The van der Waals surface area contributed by atoms with Gasteiger partial charge < -0.3 is 9.73 Å². The number of rotatable bonds is 4. The van der Waals surface area contributed by atoms with E-state index in [0.717, 1.165) is 10.6 Å². The molecule has 0 unspecified atom stereocenters. The van der Waals surface area contributed by atoms with Crippen LogP contribution in [0.4, 0.5) is 5.69 Å². The minimum Gasteiger partial charge on any atom is -0.451 e. The van der Waals surface area contributed by atoms with Crippen molar-refractivity contribution in [2.75, 3.05) is 11.6 Å². The maximum Gasteiger partial charge on any atom is 0.291 e. The molecule has 1 amide bonds. The van der Waals surface area contributed by atoms with Crippen LogP contribution in [-0.4, -0.2) is 17.1 Å². The van der Waals surface area contributed by atoms with Gasteiger partial charge in [-0.2, -0.15) is 0 Å². The van der Waals surface area contributed by atoms with Crippen molar-refractivity contribution in [1.82, 2.24) is 4.98 Å². The van der Waals surface area contributed by atoms with Crippen LogP contribution in [0.1, 0.15) is 10.6 Å². The molecule has 3 aromatic rings. The molecule has 1 N–H and O–H groups in total. The summed E-state index contributed by atoms with van der Waals surface area (Å²) in [6.07, 6.45) is 3.56. The Kier molecular flexibility index (Phi) is 4.69. The van der Waals surface area contributed by atoms with Gasteiger partial charge in [-0.05, 0) is 42.7 Å². The third-order valence-corrected chi connectivity index (χ3v) is 4.16. The Labute approximate surface area is 142 Å². The smallest absolute Gasteiger partial charge is 0.291 e. The van der Waals surface area contributed by atoms with E-state index in [-0.39, 0.29) is 11.7 Å². The number of nitrogens with zero attached hydrogens (tertiary/aromatic N) is 1. The van der Waals surface area contributed by atoms with Gasteiger partial charge in [0.1, 0.15) is 5.76 Å². The number of hydrogen-bond donors (Lipinski definition) is 1. The normalized spacial score (nSPS) is 10.5. The summed E-state index contributed by atoms with van der Waals surface area (Å²) in [4.78, 5) is 16.4. The third-order valence-electron chi connectivity index (χ3n) is 3.17. The summed E-state index contributed by atoms with van der Waals surface area (Å²) in [5, 5.41) is 4.22. The lowest BCUT2D eigenvalue weighted by molar-refractivity contribution is 0.0997. The molecule has 3 rings (SSSR count). The summed E-state index contributed by atoms with van der Waals surface area (Å²) >= 11 is 7.68. The predicted molar refractivity (Wildman–Crippen MR) is 93.1 cm³/mol. The number of aromatic nitrogens is 1. The van der Waals surface area contributed by atoms with Gasteiger partial charge in [-0.1, -0.05) is 23.7 Å². The van der Waals surface area contributed by atoms with E-state index in [9.17, 15) is 4.79 Å². The van der Waals surface area contributed by atoms with Crippen LogP contribution in [0, 0.1) is 0 Å². The van der Waals surface area contributed by atoms with E-state index in [2.05, 4.69) is 10.3 Å². The zero-order valence-electron chi connectivity index (χ0n) is 12.2. The second-order valence-corrected chi connectivity index (χ2v) is 5.92. The fourth-order valence-corrected chi connectivity index (χ4v) is 2.62. The van der Waals surface area contributed by atoms with E-state index in [0.29, 0.717) is 16.5 Å². The van der Waals surface area contributed by atoms with Crippen molar-refractivity contribution in [3.8, 4) is 11.3 Å². The highest BCUT2D eigenvalue weighted by Gasteiger charge is 2.14. The van der Waals surface area contributed by atoms with Gasteiger partial charge in [0.2, 0.25) is 0 Å². The number of pyridine rings is 1. The molecule has 116 valence electrons. The zero-order chi connectivity index (χ0) is 16.2. The zero-order valence-corrected chi connectivity index (χ0v) is 13.8.